The number of rotatable bonds is 5. The molecule has 0 radical (unpaired) electrons. The first kappa shape index (κ1) is 16.9. The van der Waals surface area contributed by atoms with Crippen LogP contribution in [0.1, 0.15) is 23.3 Å². The molecular formula is C17H22N6O3. The molecule has 9 heteroatoms. The molecule has 1 atom stereocenters. The molecule has 0 aromatic carbocycles. The monoisotopic (exact) mass is 358 g/mol. The van der Waals surface area contributed by atoms with Gasteiger partial charge in [-0.2, -0.15) is 0 Å². The van der Waals surface area contributed by atoms with E-state index < -0.39 is 0 Å². The highest BCUT2D eigenvalue weighted by molar-refractivity contribution is 5.92. The number of carbonyl (C=O) groups is 1. The Bertz CT molecular complexity index is 752. The Hall–Kier alpha value is -2.52. The Morgan fingerprint density at radius 2 is 2.04 bits per heavy atom. The molecule has 2 aromatic rings. The maximum atomic E-state index is 12.3. The second kappa shape index (κ2) is 7.79. The van der Waals surface area contributed by atoms with Crippen molar-refractivity contribution in [2.45, 2.75) is 18.9 Å². The van der Waals surface area contributed by atoms with Gasteiger partial charge in [0.25, 0.3) is 5.91 Å². The lowest BCUT2D eigenvalue weighted by Gasteiger charge is -2.27. The van der Waals surface area contributed by atoms with Gasteiger partial charge in [0.15, 0.2) is 0 Å². The molecule has 4 heterocycles. The quantitative estimate of drug-likeness (QED) is 0.827. The van der Waals surface area contributed by atoms with Crippen LogP contribution in [0.25, 0.3) is 5.82 Å². The minimum absolute atomic E-state index is 0.110. The first-order chi connectivity index (χ1) is 12.8. The van der Waals surface area contributed by atoms with Crippen LogP contribution in [-0.4, -0.2) is 71.0 Å². The molecule has 4 rings (SSSR count). The fourth-order valence-electron chi connectivity index (χ4n) is 3.11. The molecule has 0 saturated carbocycles. The lowest BCUT2D eigenvalue weighted by atomic mass is 10.2. The van der Waals surface area contributed by atoms with Crippen LogP contribution in [0.5, 0.6) is 0 Å². The topological polar surface area (TPSA) is 94.4 Å². The fraction of sp³-hybridized carbons (Fsp3) is 0.529. The molecule has 1 unspecified atom stereocenters. The largest absolute Gasteiger partial charge is 0.378 e. The van der Waals surface area contributed by atoms with Gasteiger partial charge in [-0.25, -0.2) is 15.0 Å². The third-order valence-corrected chi connectivity index (χ3v) is 4.57. The normalized spacial score (nSPS) is 20.3. The number of carbonyl (C=O) groups excluding carboxylic acids is 1. The van der Waals surface area contributed by atoms with Gasteiger partial charge >= 0.3 is 0 Å². The second-order valence-electron chi connectivity index (χ2n) is 6.35. The summed E-state index contributed by atoms with van der Waals surface area (Å²) in [6.07, 6.45) is 6.94. The zero-order valence-electron chi connectivity index (χ0n) is 14.5. The summed E-state index contributed by atoms with van der Waals surface area (Å²) in [5.74, 6) is 1.31. The van der Waals surface area contributed by atoms with Crippen molar-refractivity contribution >= 4 is 11.7 Å². The van der Waals surface area contributed by atoms with Crippen LogP contribution in [0.4, 0.5) is 5.82 Å². The first-order valence-electron chi connectivity index (χ1n) is 8.88. The minimum atomic E-state index is -0.207. The Morgan fingerprint density at radius 3 is 2.85 bits per heavy atom. The summed E-state index contributed by atoms with van der Waals surface area (Å²) >= 11 is 0. The zero-order valence-corrected chi connectivity index (χ0v) is 14.5. The van der Waals surface area contributed by atoms with E-state index in [1.807, 2.05) is 6.07 Å². The van der Waals surface area contributed by atoms with Crippen molar-refractivity contribution in [2.24, 2.45) is 0 Å². The molecule has 2 aliphatic heterocycles. The van der Waals surface area contributed by atoms with Crippen LogP contribution in [0.15, 0.2) is 24.9 Å². The summed E-state index contributed by atoms with van der Waals surface area (Å²) in [4.78, 5) is 27.2. The molecule has 2 aliphatic rings. The Morgan fingerprint density at radius 1 is 1.19 bits per heavy atom. The van der Waals surface area contributed by atoms with E-state index in [2.05, 4.69) is 25.2 Å². The Balaban J connectivity index is 1.42. The van der Waals surface area contributed by atoms with Crippen LogP contribution in [0.2, 0.25) is 0 Å². The van der Waals surface area contributed by atoms with Gasteiger partial charge in [-0.3, -0.25) is 9.36 Å². The van der Waals surface area contributed by atoms with E-state index in [0.717, 1.165) is 38.4 Å². The van der Waals surface area contributed by atoms with Gasteiger partial charge in [0.05, 0.1) is 19.3 Å². The standard InChI is InChI=1S/C17H22N6O3/c24-17(18-9-13-2-1-5-26-13)14-10-23(12-21-14)16-8-15(19-11-20-16)22-3-6-25-7-4-22/h8,10-13H,1-7,9H2,(H,18,24). The number of morpholine rings is 1. The molecule has 2 saturated heterocycles. The van der Waals surface area contributed by atoms with Gasteiger partial charge in [0, 0.05) is 38.5 Å². The van der Waals surface area contributed by atoms with Crippen LogP contribution < -0.4 is 10.2 Å². The molecule has 2 fully saturated rings. The molecule has 1 N–H and O–H groups in total. The fourth-order valence-corrected chi connectivity index (χ4v) is 3.11. The third kappa shape index (κ3) is 3.83. The Kier molecular flexibility index (Phi) is 5.07. The van der Waals surface area contributed by atoms with Crippen LogP contribution in [0.3, 0.4) is 0 Å². The van der Waals surface area contributed by atoms with Gasteiger partial charge in [0.1, 0.15) is 30.0 Å². The highest BCUT2D eigenvalue weighted by atomic mass is 16.5. The molecule has 138 valence electrons. The average molecular weight is 358 g/mol. The smallest absolute Gasteiger partial charge is 0.271 e. The highest BCUT2D eigenvalue weighted by Crippen LogP contribution is 2.16. The van der Waals surface area contributed by atoms with Crippen LogP contribution >= 0.6 is 0 Å². The number of amides is 1. The number of nitrogens with one attached hydrogen (secondary N) is 1. The number of imidazole rings is 1. The van der Waals surface area contributed by atoms with Crippen molar-refractivity contribution in [2.75, 3.05) is 44.4 Å². The molecule has 0 aliphatic carbocycles. The molecule has 0 spiro atoms. The number of nitrogens with zero attached hydrogens (tertiary/aromatic N) is 5. The second-order valence-corrected chi connectivity index (χ2v) is 6.35. The number of ether oxygens (including phenoxy) is 2. The molecular weight excluding hydrogens is 336 g/mol. The summed E-state index contributed by atoms with van der Waals surface area (Å²) in [6.45, 7) is 4.28. The van der Waals surface area contributed by atoms with Crippen molar-refractivity contribution in [1.29, 1.82) is 0 Å². The van der Waals surface area contributed by atoms with Crippen molar-refractivity contribution in [1.82, 2.24) is 24.8 Å². The van der Waals surface area contributed by atoms with Crippen molar-refractivity contribution in [3.63, 3.8) is 0 Å². The summed E-state index contributed by atoms with van der Waals surface area (Å²) in [7, 11) is 0. The summed E-state index contributed by atoms with van der Waals surface area (Å²) < 4.78 is 12.6. The van der Waals surface area contributed by atoms with E-state index >= 15 is 0 Å². The molecule has 9 nitrogen and oxygen atoms in total. The molecule has 26 heavy (non-hydrogen) atoms. The SMILES string of the molecule is O=C(NCC1CCCO1)c1cn(-c2cc(N3CCOCC3)ncn2)cn1. The van der Waals surface area contributed by atoms with E-state index in [-0.39, 0.29) is 12.0 Å². The maximum absolute atomic E-state index is 12.3. The molecule has 2 aromatic heterocycles. The Labute approximate surface area is 151 Å². The van der Waals surface area contributed by atoms with E-state index in [0.29, 0.717) is 31.3 Å². The number of aromatic nitrogens is 4. The zero-order chi connectivity index (χ0) is 17.8. The predicted octanol–water partition coefficient (Wildman–Crippen LogP) is 0.408. The van der Waals surface area contributed by atoms with Gasteiger partial charge < -0.3 is 19.7 Å². The predicted molar refractivity (Wildman–Crippen MR) is 93.5 cm³/mol. The van der Waals surface area contributed by atoms with Gasteiger partial charge in [-0.15, -0.1) is 0 Å². The van der Waals surface area contributed by atoms with Crippen LogP contribution in [-0.2, 0) is 9.47 Å². The average Bonchev–Trinajstić information content (AvgIpc) is 3.39. The minimum Gasteiger partial charge on any atom is -0.378 e. The van der Waals surface area contributed by atoms with Gasteiger partial charge in [-0.1, -0.05) is 0 Å². The number of hydrogen-bond acceptors (Lipinski definition) is 7. The van der Waals surface area contributed by atoms with E-state index in [4.69, 9.17) is 9.47 Å². The molecule has 1 amide bonds. The first-order valence-corrected chi connectivity index (χ1v) is 8.88. The number of hydrogen-bond donors (Lipinski definition) is 1. The van der Waals surface area contributed by atoms with Crippen molar-refractivity contribution in [3.8, 4) is 5.82 Å². The lowest BCUT2D eigenvalue weighted by Crippen LogP contribution is -2.36. The van der Waals surface area contributed by atoms with E-state index in [1.165, 1.54) is 6.33 Å². The lowest BCUT2D eigenvalue weighted by molar-refractivity contribution is 0.0854. The third-order valence-electron chi connectivity index (χ3n) is 4.57. The maximum Gasteiger partial charge on any atom is 0.271 e. The van der Waals surface area contributed by atoms with E-state index in [9.17, 15) is 4.79 Å². The van der Waals surface area contributed by atoms with Crippen molar-refractivity contribution < 1.29 is 14.3 Å². The van der Waals surface area contributed by atoms with Gasteiger partial charge in [-0.05, 0) is 12.8 Å². The molecule has 0 bridgehead atoms. The highest BCUT2D eigenvalue weighted by Gasteiger charge is 2.18. The van der Waals surface area contributed by atoms with Crippen LogP contribution in [0, 0.1) is 0 Å². The number of anilines is 1. The van der Waals surface area contributed by atoms with E-state index in [1.54, 1.807) is 17.1 Å². The summed E-state index contributed by atoms with van der Waals surface area (Å²) in [5, 5.41) is 2.87. The summed E-state index contributed by atoms with van der Waals surface area (Å²) in [5.41, 5.74) is 0.356. The summed E-state index contributed by atoms with van der Waals surface area (Å²) in [6, 6.07) is 1.89. The van der Waals surface area contributed by atoms with Crippen molar-refractivity contribution in [3.05, 3.63) is 30.6 Å². The van der Waals surface area contributed by atoms with Gasteiger partial charge in [0.2, 0.25) is 0 Å².